The highest BCUT2D eigenvalue weighted by Crippen LogP contribution is 2.27. The lowest BCUT2D eigenvalue weighted by Crippen LogP contribution is -2.37. The van der Waals surface area contributed by atoms with Crippen LogP contribution < -0.4 is 4.90 Å². The van der Waals surface area contributed by atoms with Gasteiger partial charge < -0.3 is 10.0 Å². The van der Waals surface area contributed by atoms with Gasteiger partial charge in [-0.3, -0.25) is 4.21 Å². The summed E-state index contributed by atoms with van der Waals surface area (Å²) in [6.45, 7) is 3.74. The quantitative estimate of drug-likeness (QED) is 0.872. The highest BCUT2D eigenvalue weighted by Gasteiger charge is 2.19. The molecule has 0 unspecified atom stereocenters. The molecule has 1 aromatic rings. The Labute approximate surface area is 102 Å². The third-order valence-corrected chi connectivity index (χ3v) is 5.11. The molecule has 2 heterocycles. The Morgan fingerprint density at radius 1 is 1.50 bits per heavy atom. The van der Waals surface area contributed by atoms with Crippen LogP contribution in [-0.4, -0.2) is 38.9 Å². The molecule has 0 saturated carbocycles. The number of rotatable bonds is 3. The number of nitrogens with zero attached hydrogens (tertiary/aromatic N) is 2. The van der Waals surface area contributed by atoms with Gasteiger partial charge in [-0.1, -0.05) is 18.3 Å². The first-order valence-corrected chi connectivity index (χ1v) is 7.74. The van der Waals surface area contributed by atoms with E-state index in [4.69, 9.17) is 0 Å². The van der Waals surface area contributed by atoms with Crippen LogP contribution in [0.25, 0.3) is 0 Å². The third kappa shape index (κ3) is 2.44. The highest BCUT2D eigenvalue weighted by atomic mass is 32.2. The first-order chi connectivity index (χ1) is 7.74. The van der Waals surface area contributed by atoms with E-state index >= 15 is 0 Å². The van der Waals surface area contributed by atoms with Crippen molar-refractivity contribution in [2.45, 2.75) is 20.0 Å². The molecule has 1 aliphatic heterocycles. The molecule has 1 saturated heterocycles. The first kappa shape index (κ1) is 12.0. The van der Waals surface area contributed by atoms with Gasteiger partial charge in [-0.25, -0.2) is 4.98 Å². The average Bonchev–Trinajstić information content (AvgIpc) is 2.73. The number of hydrogen-bond donors (Lipinski definition) is 1. The molecule has 16 heavy (non-hydrogen) atoms. The molecule has 2 rings (SSSR count). The molecule has 0 bridgehead atoms. The molecule has 0 radical (unpaired) electrons. The topological polar surface area (TPSA) is 53.4 Å². The molecule has 1 fully saturated rings. The normalized spacial score (nSPS) is 18.0. The fourth-order valence-corrected chi connectivity index (χ4v) is 3.85. The van der Waals surface area contributed by atoms with Gasteiger partial charge in [0.05, 0.1) is 17.2 Å². The second kappa shape index (κ2) is 5.25. The number of aliphatic hydroxyl groups is 1. The van der Waals surface area contributed by atoms with Gasteiger partial charge in [0.1, 0.15) is 0 Å². The van der Waals surface area contributed by atoms with E-state index in [1.165, 1.54) is 0 Å². The number of aromatic nitrogens is 1. The Balaban J connectivity index is 2.14. The summed E-state index contributed by atoms with van der Waals surface area (Å²) in [5.74, 6) is 1.46. The van der Waals surface area contributed by atoms with E-state index in [-0.39, 0.29) is 6.61 Å². The standard InChI is InChI=1S/C10H16N2O2S2/c1-2-8-9(7-13)15-10(11-8)12-3-5-16(14)6-4-12/h13H,2-7H2,1H3. The molecule has 0 aromatic carbocycles. The predicted octanol–water partition coefficient (Wildman–Crippen LogP) is 0.766. The SMILES string of the molecule is CCc1nc(N2CCS(=O)CC2)sc1CO. The summed E-state index contributed by atoms with van der Waals surface area (Å²) in [5, 5.41) is 10.2. The Hall–Kier alpha value is -0.460. The molecular formula is C10H16N2O2S2. The van der Waals surface area contributed by atoms with Gasteiger partial charge in [0.15, 0.2) is 5.13 Å². The molecule has 1 aliphatic rings. The van der Waals surface area contributed by atoms with Crippen LogP contribution in [0.3, 0.4) is 0 Å². The Morgan fingerprint density at radius 3 is 2.69 bits per heavy atom. The molecule has 0 spiro atoms. The number of aliphatic hydroxyl groups excluding tert-OH is 1. The zero-order valence-corrected chi connectivity index (χ0v) is 10.9. The fourth-order valence-electron chi connectivity index (χ4n) is 1.73. The largest absolute Gasteiger partial charge is 0.391 e. The molecule has 90 valence electrons. The van der Waals surface area contributed by atoms with E-state index in [1.54, 1.807) is 11.3 Å². The van der Waals surface area contributed by atoms with Crippen molar-refractivity contribution in [2.24, 2.45) is 0 Å². The molecule has 1 aromatic heterocycles. The van der Waals surface area contributed by atoms with E-state index in [9.17, 15) is 9.32 Å². The third-order valence-electron chi connectivity index (χ3n) is 2.69. The minimum absolute atomic E-state index is 0.0701. The summed E-state index contributed by atoms with van der Waals surface area (Å²) in [6, 6.07) is 0. The number of aryl methyl sites for hydroxylation is 1. The minimum atomic E-state index is -0.651. The van der Waals surface area contributed by atoms with E-state index in [2.05, 4.69) is 9.88 Å². The Kier molecular flexibility index (Phi) is 3.94. The van der Waals surface area contributed by atoms with Gasteiger partial charge in [0, 0.05) is 35.4 Å². The van der Waals surface area contributed by atoms with Crippen LogP contribution in [0.2, 0.25) is 0 Å². The van der Waals surface area contributed by atoms with E-state index < -0.39 is 10.8 Å². The maximum atomic E-state index is 11.3. The summed E-state index contributed by atoms with van der Waals surface area (Å²) < 4.78 is 11.3. The second-order valence-electron chi connectivity index (χ2n) is 3.71. The lowest BCUT2D eigenvalue weighted by atomic mass is 10.3. The highest BCUT2D eigenvalue weighted by molar-refractivity contribution is 7.85. The van der Waals surface area contributed by atoms with Crippen molar-refractivity contribution in [3.8, 4) is 0 Å². The van der Waals surface area contributed by atoms with Crippen LogP contribution >= 0.6 is 11.3 Å². The number of hydrogen-bond acceptors (Lipinski definition) is 5. The molecule has 4 nitrogen and oxygen atoms in total. The predicted molar refractivity (Wildman–Crippen MR) is 67.5 cm³/mol. The summed E-state index contributed by atoms with van der Waals surface area (Å²) in [7, 11) is -0.651. The molecule has 6 heteroatoms. The van der Waals surface area contributed by atoms with Crippen LogP contribution in [0.1, 0.15) is 17.5 Å². The fraction of sp³-hybridized carbons (Fsp3) is 0.700. The van der Waals surface area contributed by atoms with Crippen LogP contribution in [0.4, 0.5) is 5.13 Å². The van der Waals surface area contributed by atoms with Crippen molar-refractivity contribution in [1.29, 1.82) is 0 Å². The zero-order chi connectivity index (χ0) is 11.5. The van der Waals surface area contributed by atoms with Gasteiger partial charge >= 0.3 is 0 Å². The van der Waals surface area contributed by atoms with E-state index in [0.717, 1.165) is 46.7 Å². The van der Waals surface area contributed by atoms with Crippen LogP contribution in [0, 0.1) is 0 Å². The van der Waals surface area contributed by atoms with Crippen molar-refractivity contribution in [2.75, 3.05) is 29.5 Å². The molecule has 0 atom stereocenters. The van der Waals surface area contributed by atoms with Crippen LogP contribution in [-0.2, 0) is 23.8 Å². The van der Waals surface area contributed by atoms with Crippen molar-refractivity contribution in [1.82, 2.24) is 4.98 Å². The van der Waals surface area contributed by atoms with Crippen molar-refractivity contribution >= 4 is 27.3 Å². The lowest BCUT2D eigenvalue weighted by molar-refractivity contribution is 0.284. The zero-order valence-electron chi connectivity index (χ0n) is 9.31. The smallest absolute Gasteiger partial charge is 0.185 e. The van der Waals surface area contributed by atoms with E-state index in [1.807, 2.05) is 6.92 Å². The maximum Gasteiger partial charge on any atom is 0.185 e. The van der Waals surface area contributed by atoms with Gasteiger partial charge in [-0.15, -0.1) is 0 Å². The molecule has 1 N–H and O–H groups in total. The van der Waals surface area contributed by atoms with Crippen LogP contribution in [0.5, 0.6) is 0 Å². The first-order valence-electron chi connectivity index (χ1n) is 5.44. The van der Waals surface area contributed by atoms with Gasteiger partial charge in [-0.05, 0) is 6.42 Å². The minimum Gasteiger partial charge on any atom is -0.391 e. The summed E-state index contributed by atoms with van der Waals surface area (Å²) in [6.07, 6.45) is 0.853. The van der Waals surface area contributed by atoms with Gasteiger partial charge in [-0.2, -0.15) is 0 Å². The lowest BCUT2D eigenvalue weighted by Gasteiger charge is -2.25. The Bertz CT molecular complexity index is 361. The summed E-state index contributed by atoms with van der Waals surface area (Å²) >= 11 is 1.56. The summed E-state index contributed by atoms with van der Waals surface area (Å²) in [4.78, 5) is 7.67. The average molecular weight is 260 g/mol. The Morgan fingerprint density at radius 2 is 2.19 bits per heavy atom. The van der Waals surface area contributed by atoms with Gasteiger partial charge in [0.25, 0.3) is 0 Å². The maximum absolute atomic E-state index is 11.3. The molecule has 0 aliphatic carbocycles. The summed E-state index contributed by atoms with van der Waals surface area (Å²) in [5.41, 5.74) is 0.995. The van der Waals surface area contributed by atoms with Crippen molar-refractivity contribution < 1.29 is 9.32 Å². The molecular weight excluding hydrogens is 244 g/mol. The monoisotopic (exact) mass is 260 g/mol. The van der Waals surface area contributed by atoms with Crippen molar-refractivity contribution in [3.63, 3.8) is 0 Å². The van der Waals surface area contributed by atoms with Crippen LogP contribution in [0.15, 0.2) is 0 Å². The van der Waals surface area contributed by atoms with E-state index in [0.29, 0.717) is 0 Å². The number of anilines is 1. The number of thiazole rings is 1. The second-order valence-corrected chi connectivity index (χ2v) is 6.47. The molecule has 0 amide bonds. The van der Waals surface area contributed by atoms with Gasteiger partial charge in [0.2, 0.25) is 0 Å². The van der Waals surface area contributed by atoms with Crippen molar-refractivity contribution in [3.05, 3.63) is 10.6 Å².